The van der Waals surface area contributed by atoms with Gasteiger partial charge >= 0.3 is 0 Å². The minimum Gasteiger partial charge on any atom is -0.490 e. The van der Waals surface area contributed by atoms with E-state index in [-0.39, 0.29) is 25.1 Å². The molecule has 0 radical (unpaired) electrons. The zero-order chi connectivity index (χ0) is 15.4. The van der Waals surface area contributed by atoms with E-state index in [4.69, 9.17) is 9.84 Å². The summed E-state index contributed by atoms with van der Waals surface area (Å²) in [5.74, 6) is 0.303. The Hall–Kier alpha value is -1.17. The van der Waals surface area contributed by atoms with Gasteiger partial charge in [-0.3, -0.25) is 4.90 Å². The highest BCUT2D eigenvalue weighted by molar-refractivity contribution is 5.37. The molecule has 0 saturated carbocycles. The maximum atomic E-state index is 13.6. The fraction of sp³-hybridized carbons (Fsp3) is 0.625. The van der Waals surface area contributed by atoms with Gasteiger partial charge in [0.25, 0.3) is 0 Å². The average molecular weight is 297 g/mol. The van der Waals surface area contributed by atoms with Crippen LogP contribution >= 0.6 is 0 Å². The second-order valence-corrected chi connectivity index (χ2v) is 5.82. The van der Waals surface area contributed by atoms with Gasteiger partial charge in [0.05, 0.1) is 6.61 Å². The molecule has 0 amide bonds. The Morgan fingerprint density at radius 3 is 2.86 bits per heavy atom. The molecule has 0 aliphatic carbocycles. The summed E-state index contributed by atoms with van der Waals surface area (Å²) in [6.45, 7) is 4.92. The van der Waals surface area contributed by atoms with Gasteiger partial charge in [-0.2, -0.15) is 0 Å². The zero-order valence-corrected chi connectivity index (χ0v) is 12.6. The van der Waals surface area contributed by atoms with Gasteiger partial charge in [-0.05, 0) is 51.4 Å². The van der Waals surface area contributed by atoms with E-state index in [0.717, 1.165) is 24.9 Å². The Morgan fingerprint density at radius 1 is 1.43 bits per heavy atom. The van der Waals surface area contributed by atoms with Crippen LogP contribution in [0.4, 0.5) is 4.39 Å². The molecule has 1 aromatic rings. The minimum absolute atomic E-state index is 0.00350. The first-order valence-electron chi connectivity index (χ1n) is 7.49. The number of hydrogen-bond acceptors (Lipinski definition) is 4. The number of ether oxygens (including phenoxy) is 1. The number of likely N-dealkylation sites (tertiary alicyclic amines) is 1. The first-order valence-corrected chi connectivity index (χ1v) is 7.49. The van der Waals surface area contributed by atoms with Gasteiger partial charge in [0.1, 0.15) is 24.3 Å². The summed E-state index contributed by atoms with van der Waals surface area (Å²) in [5, 5.41) is 18.3. The lowest BCUT2D eigenvalue weighted by atomic mass is 10.0. The highest BCUT2D eigenvalue weighted by Gasteiger charge is 2.30. The first kappa shape index (κ1) is 16.2. The van der Waals surface area contributed by atoms with E-state index >= 15 is 0 Å². The van der Waals surface area contributed by atoms with Crippen molar-refractivity contribution in [1.82, 2.24) is 4.90 Å². The number of aliphatic hydroxyl groups excluding tert-OH is 2. The lowest BCUT2D eigenvalue weighted by Crippen LogP contribution is -2.30. The van der Waals surface area contributed by atoms with Gasteiger partial charge < -0.3 is 14.9 Å². The van der Waals surface area contributed by atoms with E-state index < -0.39 is 6.10 Å². The second-order valence-electron chi connectivity index (χ2n) is 5.82. The fourth-order valence-corrected chi connectivity index (χ4v) is 2.89. The molecule has 1 heterocycles. The summed E-state index contributed by atoms with van der Waals surface area (Å²) in [6.07, 6.45) is 1.13. The summed E-state index contributed by atoms with van der Waals surface area (Å²) in [7, 11) is 0. The van der Waals surface area contributed by atoms with Crippen LogP contribution in [0.25, 0.3) is 0 Å². The number of hydrogen-bond donors (Lipinski definition) is 2. The quantitative estimate of drug-likeness (QED) is 0.844. The summed E-state index contributed by atoms with van der Waals surface area (Å²) in [5.41, 5.74) is 0.825. The number of rotatable bonds is 6. The maximum Gasteiger partial charge on any atom is 0.124 e. The molecule has 2 unspecified atom stereocenters. The molecule has 0 spiro atoms. The van der Waals surface area contributed by atoms with Crippen molar-refractivity contribution in [2.45, 2.75) is 44.9 Å². The van der Waals surface area contributed by atoms with Crippen LogP contribution in [0.1, 0.15) is 38.3 Å². The van der Waals surface area contributed by atoms with Crippen molar-refractivity contribution in [2.24, 2.45) is 0 Å². The van der Waals surface area contributed by atoms with Crippen molar-refractivity contribution in [2.75, 3.05) is 19.8 Å². The van der Waals surface area contributed by atoms with Crippen LogP contribution in [0.3, 0.4) is 0 Å². The zero-order valence-electron chi connectivity index (χ0n) is 12.6. The Balaban J connectivity index is 2.22. The number of halogens is 1. The predicted octanol–water partition coefficient (Wildman–Crippen LogP) is 2.10. The molecule has 1 fully saturated rings. The maximum absolute atomic E-state index is 13.6. The Kier molecular flexibility index (Phi) is 5.56. The van der Waals surface area contributed by atoms with Gasteiger partial charge in [0, 0.05) is 17.6 Å². The van der Waals surface area contributed by atoms with Crippen LogP contribution in [0.2, 0.25) is 0 Å². The van der Waals surface area contributed by atoms with E-state index in [1.54, 1.807) is 6.07 Å². The van der Waals surface area contributed by atoms with Crippen molar-refractivity contribution in [3.05, 3.63) is 29.6 Å². The summed E-state index contributed by atoms with van der Waals surface area (Å²) >= 11 is 0. The normalized spacial score (nSPS) is 21.0. The largest absolute Gasteiger partial charge is 0.490 e. The van der Waals surface area contributed by atoms with Crippen molar-refractivity contribution < 1.29 is 19.3 Å². The monoisotopic (exact) mass is 297 g/mol. The Morgan fingerprint density at radius 2 is 2.19 bits per heavy atom. The molecule has 0 aromatic heterocycles. The lowest BCUT2D eigenvalue weighted by molar-refractivity contribution is 0.0526. The third kappa shape index (κ3) is 3.93. The van der Waals surface area contributed by atoms with Gasteiger partial charge in [-0.1, -0.05) is 0 Å². The molecule has 4 nitrogen and oxygen atoms in total. The topological polar surface area (TPSA) is 52.9 Å². The molecule has 2 atom stereocenters. The number of nitrogens with zero attached hydrogens (tertiary/aromatic N) is 1. The van der Waals surface area contributed by atoms with Crippen molar-refractivity contribution in [3.63, 3.8) is 0 Å². The Labute approximate surface area is 125 Å². The fourth-order valence-electron chi connectivity index (χ4n) is 2.89. The molecule has 2 N–H and O–H groups in total. The van der Waals surface area contributed by atoms with Crippen LogP contribution in [-0.4, -0.2) is 47.0 Å². The highest BCUT2D eigenvalue weighted by atomic mass is 19.1. The molecule has 1 aliphatic heterocycles. The third-order valence-corrected chi connectivity index (χ3v) is 3.93. The van der Waals surface area contributed by atoms with Crippen LogP contribution < -0.4 is 4.74 Å². The van der Waals surface area contributed by atoms with Crippen molar-refractivity contribution in [3.8, 4) is 5.75 Å². The molecule has 0 bridgehead atoms. The Bertz CT molecular complexity index is 467. The van der Waals surface area contributed by atoms with Gasteiger partial charge in [-0.15, -0.1) is 0 Å². The molecular weight excluding hydrogens is 273 g/mol. The van der Waals surface area contributed by atoms with Crippen molar-refractivity contribution in [1.29, 1.82) is 0 Å². The molecule has 2 rings (SSSR count). The SMILES string of the molecule is CC(C)N1CCCC1c1cc(F)ccc1OCC(O)CO. The van der Waals surface area contributed by atoms with Crippen LogP contribution in [0.15, 0.2) is 18.2 Å². The predicted molar refractivity (Wildman–Crippen MR) is 78.8 cm³/mol. The van der Waals surface area contributed by atoms with Crippen LogP contribution in [-0.2, 0) is 0 Å². The molecule has 5 heteroatoms. The van der Waals surface area contributed by atoms with E-state index in [1.165, 1.54) is 12.1 Å². The van der Waals surface area contributed by atoms with Crippen LogP contribution in [0, 0.1) is 5.82 Å². The average Bonchev–Trinajstić information content (AvgIpc) is 2.95. The van der Waals surface area contributed by atoms with E-state index in [2.05, 4.69) is 18.7 Å². The van der Waals surface area contributed by atoms with Crippen LogP contribution in [0.5, 0.6) is 5.75 Å². The number of aliphatic hydroxyl groups is 2. The molecule has 1 aliphatic rings. The molecule has 118 valence electrons. The van der Waals surface area contributed by atoms with Crippen molar-refractivity contribution >= 4 is 0 Å². The highest BCUT2D eigenvalue weighted by Crippen LogP contribution is 2.38. The van der Waals surface area contributed by atoms with Gasteiger partial charge in [0.15, 0.2) is 0 Å². The van der Waals surface area contributed by atoms with Gasteiger partial charge in [-0.25, -0.2) is 4.39 Å². The first-order chi connectivity index (χ1) is 10.0. The summed E-state index contributed by atoms with van der Waals surface area (Å²) in [6, 6.07) is 5.01. The molecular formula is C16H24FNO3. The number of benzene rings is 1. The standard InChI is InChI=1S/C16H24FNO3/c1-11(2)18-7-3-4-15(18)14-8-12(17)5-6-16(14)21-10-13(20)9-19/h5-6,8,11,13,15,19-20H,3-4,7,9-10H2,1-2H3. The van der Waals surface area contributed by atoms with E-state index in [0.29, 0.717) is 11.8 Å². The minimum atomic E-state index is -0.923. The second kappa shape index (κ2) is 7.20. The summed E-state index contributed by atoms with van der Waals surface area (Å²) < 4.78 is 19.2. The molecule has 1 saturated heterocycles. The third-order valence-electron chi connectivity index (χ3n) is 3.93. The smallest absolute Gasteiger partial charge is 0.124 e. The molecule has 21 heavy (non-hydrogen) atoms. The van der Waals surface area contributed by atoms with Gasteiger partial charge in [0.2, 0.25) is 0 Å². The lowest BCUT2D eigenvalue weighted by Gasteiger charge is -2.30. The van der Waals surface area contributed by atoms with E-state index in [9.17, 15) is 9.50 Å². The molecule has 1 aromatic carbocycles. The van der Waals surface area contributed by atoms with E-state index in [1.807, 2.05) is 0 Å². The summed E-state index contributed by atoms with van der Waals surface area (Å²) in [4.78, 5) is 2.34.